The lowest BCUT2D eigenvalue weighted by Gasteiger charge is -2.28. The lowest BCUT2D eigenvalue weighted by Crippen LogP contribution is -2.31. The highest BCUT2D eigenvalue weighted by molar-refractivity contribution is 7.92. The Hall–Kier alpha value is -0.290. The molecule has 0 fully saturated rings. The summed E-state index contributed by atoms with van der Waals surface area (Å²) in [4.78, 5) is 0.105. The summed E-state index contributed by atoms with van der Waals surface area (Å²) < 4.78 is 24.2. The molecule has 1 heterocycles. The molecular formula is C10H11Cl2NO2S. The normalized spacial score (nSPS) is 27.5. The maximum atomic E-state index is 12.1. The van der Waals surface area contributed by atoms with Crippen LogP contribution < -0.4 is 5.73 Å². The minimum absolute atomic E-state index is 0.105. The van der Waals surface area contributed by atoms with Crippen LogP contribution in [0, 0.1) is 0 Å². The second kappa shape index (κ2) is 3.88. The zero-order valence-corrected chi connectivity index (χ0v) is 10.9. The van der Waals surface area contributed by atoms with E-state index in [0.29, 0.717) is 17.0 Å². The minimum atomic E-state index is -3.40. The Morgan fingerprint density at radius 1 is 1.31 bits per heavy atom. The monoisotopic (exact) mass is 279 g/mol. The predicted octanol–water partition coefficient (Wildman–Crippen LogP) is 2.56. The first kappa shape index (κ1) is 12.2. The first-order valence-electron chi connectivity index (χ1n) is 4.83. The average molecular weight is 280 g/mol. The van der Waals surface area contributed by atoms with E-state index in [1.165, 1.54) is 6.07 Å². The van der Waals surface area contributed by atoms with E-state index in [1.807, 2.05) is 0 Å². The third kappa shape index (κ3) is 1.64. The van der Waals surface area contributed by atoms with Crippen LogP contribution in [-0.2, 0) is 9.84 Å². The van der Waals surface area contributed by atoms with E-state index < -0.39 is 15.1 Å². The van der Waals surface area contributed by atoms with E-state index in [0.717, 1.165) is 0 Å². The molecule has 6 heteroatoms. The third-order valence-corrected chi connectivity index (χ3v) is 5.88. The van der Waals surface area contributed by atoms with Crippen LogP contribution in [0.25, 0.3) is 0 Å². The fraction of sp³-hybridized carbons (Fsp3) is 0.400. The first-order valence-corrected chi connectivity index (χ1v) is 7.13. The van der Waals surface area contributed by atoms with Gasteiger partial charge in [0, 0.05) is 16.6 Å². The summed E-state index contributed by atoms with van der Waals surface area (Å²) in [5, 5.41) is 0.0368. The molecule has 3 nitrogen and oxygen atoms in total. The van der Waals surface area contributed by atoms with Crippen molar-refractivity contribution in [3.63, 3.8) is 0 Å². The molecular weight excluding hydrogens is 269 g/mol. The molecule has 88 valence electrons. The molecule has 1 aromatic rings. The van der Waals surface area contributed by atoms with Crippen LogP contribution in [-0.4, -0.2) is 13.7 Å². The van der Waals surface area contributed by atoms with E-state index in [4.69, 9.17) is 28.9 Å². The van der Waals surface area contributed by atoms with Gasteiger partial charge >= 0.3 is 0 Å². The third-order valence-electron chi connectivity index (χ3n) is 2.87. The maximum absolute atomic E-state index is 12.1. The molecule has 0 aromatic heterocycles. The number of benzene rings is 1. The summed E-state index contributed by atoms with van der Waals surface area (Å²) in [7, 11) is -3.40. The van der Waals surface area contributed by atoms with Crippen LogP contribution in [0.3, 0.4) is 0 Å². The molecule has 2 unspecified atom stereocenters. The lowest BCUT2D eigenvalue weighted by molar-refractivity contribution is 0.537. The van der Waals surface area contributed by atoms with Crippen LogP contribution in [0.5, 0.6) is 0 Å². The predicted molar refractivity (Wildman–Crippen MR) is 64.7 cm³/mol. The summed E-state index contributed by atoms with van der Waals surface area (Å²) in [6.45, 7) is 1.63. The van der Waals surface area contributed by atoms with Crippen molar-refractivity contribution in [1.82, 2.24) is 0 Å². The van der Waals surface area contributed by atoms with Gasteiger partial charge in [0.05, 0.1) is 15.2 Å². The van der Waals surface area contributed by atoms with Crippen molar-refractivity contribution >= 4 is 33.0 Å². The highest BCUT2D eigenvalue weighted by Crippen LogP contribution is 2.42. The van der Waals surface area contributed by atoms with E-state index in [1.54, 1.807) is 13.0 Å². The van der Waals surface area contributed by atoms with Crippen molar-refractivity contribution in [2.24, 2.45) is 5.73 Å². The van der Waals surface area contributed by atoms with Gasteiger partial charge in [0.2, 0.25) is 0 Å². The molecule has 1 aliphatic rings. The molecule has 2 N–H and O–H groups in total. The van der Waals surface area contributed by atoms with E-state index >= 15 is 0 Å². The van der Waals surface area contributed by atoms with E-state index in [9.17, 15) is 8.42 Å². The summed E-state index contributed by atoms with van der Waals surface area (Å²) in [6, 6.07) is 2.69. The van der Waals surface area contributed by atoms with E-state index in [2.05, 4.69) is 0 Å². The summed E-state index contributed by atoms with van der Waals surface area (Å²) >= 11 is 11.9. The molecule has 0 bridgehead atoms. The van der Waals surface area contributed by atoms with Gasteiger partial charge in [-0.1, -0.05) is 23.2 Å². The van der Waals surface area contributed by atoms with Gasteiger partial charge in [-0.25, -0.2) is 8.42 Å². The molecule has 0 radical (unpaired) electrons. The van der Waals surface area contributed by atoms with Gasteiger partial charge in [0.1, 0.15) is 0 Å². The fourth-order valence-corrected chi connectivity index (χ4v) is 4.60. The Balaban J connectivity index is 2.85. The standard InChI is InChI=1S/C10H11Cl2NO2S/c1-5-4-8(13)9-6(11)2-3-7(12)10(9)16(5,14)15/h2-3,5,8H,4,13H2,1H3. The van der Waals surface area contributed by atoms with Gasteiger partial charge in [-0.3, -0.25) is 0 Å². The average Bonchev–Trinajstić information content (AvgIpc) is 2.18. The summed E-state index contributed by atoms with van der Waals surface area (Å²) in [5.41, 5.74) is 6.37. The Morgan fingerprint density at radius 3 is 2.50 bits per heavy atom. The highest BCUT2D eigenvalue weighted by atomic mass is 35.5. The van der Waals surface area contributed by atoms with Crippen molar-refractivity contribution in [3.8, 4) is 0 Å². The Labute approximate surface area is 104 Å². The number of hydrogen-bond acceptors (Lipinski definition) is 3. The van der Waals surface area contributed by atoms with Crippen LogP contribution >= 0.6 is 23.2 Å². The highest BCUT2D eigenvalue weighted by Gasteiger charge is 2.37. The van der Waals surface area contributed by atoms with Crippen molar-refractivity contribution < 1.29 is 8.42 Å². The Kier molecular flexibility index (Phi) is 2.95. The lowest BCUT2D eigenvalue weighted by atomic mass is 10.0. The summed E-state index contributed by atoms with van der Waals surface area (Å²) in [5.74, 6) is 0. The topological polar surface area (TPSA) is 60.2 Å². The number of sulfone groups is 1. The quantitative estimate of drug-likeness (QED) is 0.794. The van der Waals surface area contributed by atoms with E-state index in [-0.39, 0.29) is 16.0 Å². The molecule has 1 aliphatic heterocycles. The first-order chi connectivity index (χ1) is 7.35. The number of halogens is 2. The molecule has 2 rings (SSSR count). The van der Waals surface area contributed by atoms with Crippen LogP contribution in [0.2, 0.25) is 10.0 Å². The number of rotatable bonds is 0. The number of fused-ring (bicyclic) bond motifs is 1. The van der Waals surface area contributed by atoms with Gasteiger partial charge in [-0.05, 0) is 25.5 Å². The zero-order valence-electron chi connectivity index (χ0n) is 8.57. The van der Waals surface area contributed by atoms with Crippen molar-refractivity contribution in [3.05, 3.63) is 27.7 Å². The Morgan fingerprint density at radius 2 is 1.88 bits per heavy atom. The molecule has 16 heavy (non-hydrogen) atoms. The van der Waals surface area contributed by atoms with Crippen LogP contribution in [0.1, 0.15) is 24.9 Å². The number of nitrogens with two attached hydrogens (primary N) is 1. The molecule has 0 amide bonds. The molecule has 0 saturated heterocycles. The molecule has 2 atom stereocenters. The van der Waals surface area contributed by atoms with Gasteiger partial charge in [-0.15, -0.1) is 0 Å². The van der Waals surface area contributed by atoms with Crippen LogP contribution in [0.4, 0.5) is 0 Å². The minimum Gasteiger partial charge on any atom is -0.324 e. The second-order valence-electron chi connectivity index (χ2n) is 3.97. The zero-order chi connectivity index (χ0) is 12.1. The van der Waals surface area contributed by atoms with Crippen LogP contribution in [0.15, 0.2) is 17.0 Å². The van der Waals surface area contributed by atoms with Gasteiger partial charge in [0.15, 0.2) is 9.84 Å². The SMILES string of the molecule is CC1CC(N)c2c(Cl)ccc(Cl)c2S1(=O)=O. The Bertz CT molecular complexity index is 542. The molecule has 0 saturated carbocycles. The number of hydrogen-bond donors (Lipinski definition) is 1. The fourth-order valence-electron chi connectivity index (χ4n) is 1.99. The smallest absolute Gasteiger partial charge is 0.182 e. The maximum Gasteiger partial charge on any atom is 0.182 e. The van der Waals surface area contributed by atoms with Crippen molar-refractivity contribution in [2.75, 3.05) is 0 Å². The summed E-state index contributed by atoms with van der Waals surface area (Å²) in [6.07, 6.45) is 0.370. The molecule has 0 aliphatic carbocycles. The van der Waals surface area contributed by atoms with Gasteiger partial charge in [0.25, 0.3) is 0 Å². The van der Waals surface area contributed by atoms with Gasteiger partial charge < -0.3 is 5.73 Å². The van der Waals surface area contributed by atoms with Gasteiger partial charge in [-0.2, -0.15) is 0 Å². The largest absolute Gasteiger partial charge is 0.324 e. The second-order valence-corrected chi connectivity index (χ2v) is 7.09. The molecule has 0 spiro atoms. The van der Waals surface area contributed by atoms with Crippen molar-refractivity contribution in [2.45, 2.75) is 29.5 Å². The molecule has 1 aromatic carbocycles. The van der Waals surface area contributed by atoms with Crippen molar-refractivity contribution in [1.29, 1.82) is 0 Å².